The van der Waals surface area contributed by atoms with Crippen LogP contribution in [0.3, 0.4) is 0 Å². The van der Waals surface area contributed by atoms with Crippen molar-refractivity contribution in [1.82, 2.24) is 19.5 Å². The minimum absolute atomic E-state index is 0.181. The van der Waals surface area contributed by atoms with Crippen molar-refractivity contribution >= 4 is 33.4 Å². The molecule has 4 aromatic rings. The lowest BCUT2D eigenvalue weighted by atomic mass is 10.1. The summed E-state index contributed by atoms with van der Waals surface area (Å²) in [7, 11) is 1.61. The van der Waals surface area contributed by atoms with Crippen LogP contribution in [0.5, 0.6) is 5.75 Å². The van der Waals surface area contributed by atoms with E-state index >= 15 is 0 Å². The van der Waals surface area contributed by atoms with E-state index < -0.39 is 17.2 Å². The Morgan fingerprint density at radius 3 is 2.69 bits per heavy atom. The molecule has 3 aromatic heterocycles. The van der Waals surface area contributed by atoms with Crippen LogP contribution in [0.2, 0.25) is 0 Å². The lowest BCUT2D eigenvalue weighted by Crippen LogP contribution is -2.31. The molecule has 1 aromatic carbocycles. The molecule has 0 bridgehead atoms. The lowest BCUT2D eigenvalue weighted by molar-refractivity contribution is 0.102. The lowest BCUT2D eigenvalue weighted by Gasteiger charge is -2.08. The molecule has 0 saturated heterocycles. The normalized spacial score (nSPS) is 11.0. The Kier molecular flexibility index (Phi) is 5.87. The summed E-state index contributed by atoms with van der Waals surface area (Å²) in [4.78, 5) is 49.1. The Morgan fingerprint density at radius 2 is 2.00 bits per heavy atom. The number of nitrogens with zero attached hydrogens (tertiary/aromatic N) is 3. The van der Waals surface area contributed by atoms with Gasteiger partial charge in [0.1, 0.15) is 11.4 Å². The third kappa shape index (κ3) is 4.04. The second kappa shape index (κ2) is 8.75. The number of pyridine rings is 1. The molecule has 0 aliphatic carbocycles. The minimum atomic E-state index is -0.577. The van der Waals surface area contributed by atoms with Crippen LogP contribution in [0.25, 0.3) is 22.3 Å². The van der Waals surface area contributed by atoms with E-state index in [9.17, 15) is 14.4 Å². The van der Waals surface area contributed by atoms with Crippen LogP contribution in [0.1, 0.15) is 28.6 Å². The molecule has 10 heteroatoms. The minimum Gasteiger partial charge on any atom is -0.497 e. The number of aromatic nitrogens is 4. The molecule has 0 saturated carbocycles. The second-order valence-electron chi connectivity index (χ2n) is 7.11. The zero-order chi connectivity index (χ0) is 22.8. The van der Waals surface area contributed by atoms with E-state index in [1.165, 1.54) is 28.2 Å². The van der Waals surface area contributed by atoms with Gasteiger partial charge in [0.25, 0.3) is 11.5 Å². The fourth-order valence-electron chi connectivity index (χ4n) is 3.36. The molecule has 0 fully saturated rings. The number of rotatable bonds is 6. The first-order valence-corrected chi connectivity index (χ1v) is 10.8. The van der Waals surface area contributed by atoms with Crippen LogP contribution in [0.4, 0.5) is 5.13 Å². The number of benzene rings is 1. The monoisotopic (exact) mass is 451 g/mol. The van der Waals surface area contributed by atoms with Gasteiger partial charge in [-0.1, -0.05) is 6.92 Å². The average Bonchev–Trinajstić information content (AvgIpc) is 3.16. The number of fused-ring (bicyclic) bond motifs is 1. The zero-order valence-electron chi connectivity index (χ0n) is 17.8. The van der Waals surface area contributed by atoms with Gasteiger partial charge in [-0.3, -0.25) is 24.5 Å². The van der Waals surface area contributed by atoms with E-state index in [4.69, 9.17) is 4.74 Å². The first kappa shape index (κ1) is 21.4. The van der Waals surface area contributed by atoms with E-state index in [0.717, 1.165) is 21.9 Å². The topological polar surface area (TPSA) is 119 Å². The molecule has 0 radical (unpaired) electrons. The summed E-state index contributed by atoms with van der Waals surface area (Å²) < 4.78 is 6.58. The summed E-state index contributed by atoms with van der Waals surface area (Å²) >= 11 is 1.35. The van der Waals surface area contributed by atoms with Crippen molar-refractivity contribution < 1.29 is 9.53 Å². The van der Waals surface area contributed by atoms with Gasteiger partial charge in [-0.2, -0.15) is 0 Å². The van der Waals surface area contributed by atoms with Crippen molar-refractivity contribution in [3.05, 3.63) is 67.8 Å². The van der Waals surface area contributed by atoms with E-state index in [1.807, 2.05) is 38.1 Å². The van der Waals surface area contributed by atoms with E-state index in [0.29, 0.717) is 18.1 Å². The number of nitrogens with one attached hydrogen (secondary N) is 2. The highest BCUT2D eigenvalue weighted by Gasteiger charge is 2.16. The summed E-state index contributed by atoms with van der Waals surface area (Å²) in [6.45, 7) is 4.26. The van der Waals surface area contributed by atoms with Crippen molar-refractivity contribution in [2.75, 3.05) is 12.4 Å². The van der Waals surface area contributed by atoms with Gasteiger partial charge in [0.15, 0.2) is 5.13 Å². The molecule has 164 valence electrons. The average molecular weight is 452 g/mol. The summed E-state index contributed by atoms with van der Waals surface area (Å²) in [5.41, 5.74) is 1.04. The molecule has 1 amide bonds. The number of thiazole rings is 1. The number of aryl methyl sites for hydroxylation is 2. The van der Waals surface area contributed by atoms with Crippen molar-refractivity contribution in [2.45, 2.75) is 26.8 Å². The molecule has 0 atom stereocenters. The fourth-order valence-corrected chi connectivity index (χ4v) is 4.19. The largest absolute Gasteiger partial charge is 0.497 e. The number of carbonyl (C=O) groups is 1. The quantitative estimate of drug-likeness (QED) is 0.465. The first-order valence-electron chi connectivity index (χ1n) is 9.97. The van der Waals surface area contributed by atoms with E-state index in [-0.39, 0.29) is 16.6 Å². The fraction of sp³-hybridized carbons (Fsp3) is 0.227. The molecule has 0 aliphatic rings. The van der Waals surface area contributed by atoms with Crippen molar-refractivity contribution in [2.24, 2.45) is 0 Å². The molecule has 2 N–H and O–H groups in total. The van der Waals surface area contributed by atoms with Gasteiger partial charge in [0.2, 0.25) is 0 Å². The number of hydrogen-bond donors (Lipinski definition) is 2. The van der Waals surface area contributed by atoms with Gasteiger partial charge in [-0.25, -0.2) is 14.8 Å². The Morgan fingerprint density at radius 1 is 1.25 bits per heavy atom. The van der Waals surface area contributed by atoms with Crippen LogP contribution < -0.4 is 21.3 Å². The number of H-pyrrole nitrogens is 1. The highest BCUT2D eigenvalue weighted by Crippen LogP contribution is 2.31. The van der Waals surface area contributed by atoms with Gasteiger partial charge >= 0.3 is 5.69 Å². The van der Waals surface area contributed by atoms with E-state index in [2.05, 4.69) is 20.3 Å². The molecule has 32 heavy (non-hydrogen) atoms. The number of anilines is 1. The van der Waals surface area contributed by atoms with Crippen molar-refractivity contribution in [3.8, 4) is 17.0 Å². The highest BCUT2D eigenvalue weighted by molar-refractivity contribution is 7.16. The summed E-state index contributed by atoms with van der Waals surface area (Å²) in [5.74, 6) is 0.306. The Hall–Kier alpha value is -3.79. The highest BCUT2D eigenvalue weighted by atomic mass is 32.1. The molecular formula is C22H21N5O4S. The molecule has 9 nitrogen and oxygen atoms in total. The number of ether oxygens (including phenoxy) is 1. The van der Waals surface area contributed by atoms with E-state index in [1.54, 1.807) is 7.11 Å². The second-order valence-corrected chi connectivity index (χ2v) is 8.32. The maximum atomic E-state index is 12.8. The van der Waals surface area contributed by atoms with Crippen LogP contribution in [-0.2, 0) is 6.54 Å². The van der Waals surface area contributed by atoms with Crippen molar-refractivity contribution in [1.29, 1.82) is 0 Å². The standard InChI is InChI=1S/C22H21N5O4S/c1-4-9-27-18-16(20(29)26-22(27)30)10-14(11-23-18)19(28)25-21-24-17(12(2)32-21)13-5-7-15(31-3)8-6-13/h5-8,10-11H,4,9H2,1-3H3,(H,24,25,28)(H,26,29,30). The Labute approximate surface area is 186 Å². The molecule has 0 aliphatic heterocycles. The smallest absolute Gasteiger partial charge is 0.329 e. The molecule has 0 unspecified atom stereocenters. The summed E-state index contributed by atoms with van der Waals surface area (Å²) in [6, 6.07) is 8.95. The van der Waals surface area contributed by atoms with Crippen LogP contribution in [0.15, 0.2) is 46.1 Å². The van der Waals surface area contributed by atoms with Gasteiger partial charge in [-0.05, 0) is 43.7 Å². The first-order chi connectivity index (χ1) is 15.4. The van der Waals surface area contributed by atoms with Gasteiger partial charge in [0.05, 0.1) is 23.8 Å². The number of hydrogen-bond acceptors (Lipinski definition) is 7. The Bertz CT molecular complexity index is 1420. The van der Waals surface area contributed by atoms with Gasteiger partial charge in [0, 0.05) is 23.2 Å². The predicted molar refractivity (Wildman–Crippen MR) is 124 cm³/mol. The molecule has 3 heterocycles. The third-order valence-electron chi connectivity index (χ3n) is 4.92. The van der Waals surface area contributed by atoms with Crippen LogP contribution >= 0.6 is 11.3 Å². The third-order valence-corrected chi connectivity index (χ3v) is 5.81. The van der Waals surface area contributed by atoms with Crippen LogP contribution in [-0.4, -0.2) is 32.5 Å². The van der Waals surface area contributed by atoms with Crippen LogP contribution in [0, 0.1) is 6.92 Å². The zero-order valence-corrected chi connectivity index (χ0v) is 18.6. The predicted octanol–water partition coefficient (Wildman–Crippen LogP) is 3.19. The summed E-state index contributed by atoms with van der Waals surface area (Å²) in [5, 5.41) is 3.38. The van der Waals surface area contributed by atoms with Gasteiger partial charge < -0.3 is 4.74 Å². The maximum absolute atomic E-state index is 12.8. The number of carbonyl (C=O) groups excluding carboxylic acids is 1. The maximum Gasteiger partial charge on any atom is 0.329 e. The number of amides is 1. The van der Waals surface area contributed by atoms with Gasteiger partial charge in [-0.15, -0.1) is 11.3 Å². The molecular weight excluding hydrogens is 430 g/mol. The van der Waals surface area contributed by atoms with Crippen molar-refractivity contribution in [3.63, 3.8) is 0 Å². The molecule has 0 spiro atoms. The summed E-state index contributed by atoms with van der Waals surface area (Å²) in [6.07, 6.45) is 2.05. The Balaban J connectivity index is 1.63. The SMILES string of the molecule is CCCn1c(=O)[nH]c(=O)c2cc(C(=O)Nc3nc(-c4ccc(OC)cc4)c(C)s3)cnc21. The number of methoxy groups -OCH3 is 1. The molecule has 4 rings (SSSR count). The number of aromatic amines is 1.